The third-order valence-electron chi connectivity index (χ3n) is 3.71. The van der Waals surface area contributed by atoms with Gasteiger partial charge in [0.05, 0.1) is 11.0 Å². The number of nitrogens with zero attached hydrogens (tertiary/aromatic N) is 1. The smallest absolute Gasteiger partial charge is 0.229 e. The molecule has 1 heterocycles. The number of H-pyrrole nitrogens is 1. The van der Waals surface area contributed by atoms with E-state index < -0.39 is 5.41 Å². The Morgan fingerprint density at radius 3 is 2.58 bits per heavy atom. The van der Waals surface area contributed by atoms with Crippen LogP contribution in [-0.4, -0.2) is 15.9 Å². The number of carbonyl (C=O) groups excluding carboxylic acids is 1. The minimum atomic E-state index is -0.424. The molecule has 0 spiro atoms. The molecule has 0 atom stereocenters. The van der Waals surface area contributed by atoms with Crippen molar-refractivity contribution < 1.29 is 4.79 Å². The molecule has 0 aliphatic rings. The van der Waals surface area contributed by atoms with Gasteiger partial charge in [-0.15, -0.1) is 12.4 Å². The summed E-state index contributed by atoms with van der Waals surface area (Å²) in [6.07, 6.45) is 0. The van der Waals surface area contributed by atoms with Gasteiger partial charge in [0.2, 0.25) is 5.91 Å². The number of aromatic nitrogens is 2. The summed E-state index contributed by atoms with van der Waals surface area (Å²) in [5, 5.41) is 2.95. The van der Waals surface area contributed by atoms with E-state index in [2.05, 4.69) is 28.3 Å². The molecule has 5 heteroatoms. The number of aromatic amines is 1. The molecule has 0 bridgehead atoms. The van der Waals surface area contributed by atoms with Gasteiger partial charge in [-0.3, -0.25) is 4.79 Å². The Morgan fingerprint density at radius 2 is 1.88 bits per heavy atom. The minimum absolute atomic E-state index is 0. The average molecular weight is 344 g/mol. The van der Waals surface area contributed by atoms with Crippen molar-refractivity contribution in [2.45, 2.75) is 27.7 Å². The molecule has 24 heavy (non-hydrogen) atoms. The highest BCUT2D eigenvalue weighted by Gasteiger charge is 2.21. The first kappa shape index (κ1) is 18.0. The van der Waals surface area contributed by atoms with Gasteiger partial charge in [0.15, 0.2) is 0 Å². The van der Waals surface area contributed by atoms with E-state index in [1.165, 1.54) is 5.56 Å². The van der Waals surface area contributed by atoms with Gasteiger partial charge in [-0.05, 0) is 36.8 Å². The second-order valence-corrected chi connectivity index (χ2v) is 6.89. The molecule has 4 nitrogen and oxygen atoms in total. The zero-order valence-electron chi connectivity index (χ0n) is 14.3. The number of halogens is 1. The Labute approximate surface area is 148 Å². The van der Waals surface area contributed by atoms with Crippen LogP contribution in [0.25, 0.3) is 22.4 Å². The zero-order valence-corrected chi connectivity index (χ0v) is 15.1. The molecule has 1 amide bonds. The lowest BCUT2D eigenvalue weighted by atomic mass is 9.95. The first-order valence-electron chi connectivity index (χ1n) is 7.71. The zero-order chi connectivity index (χ0) is 16.6. The third-order valence-corrected chi connectivity index (χ3v) is 3.71. The number of imidazole rings is 1. The number of aryl methyl sites for hydroxylation is 1. The summed E-state index contributed by atoms with van der Waals surface area (Å²) in [7, 11) is 0. The van der Waals surface area contributed by atoms with Crippen molar-refractivity contribution in [1.82, 2.24) is 9.97 Å². The summed E-state index contributed by atoms with van der Waals surface area (Å²) in [6, 6.07) is 13.9. The Kier molecular flexibility index (Phi) is 4.99. The predicted molar refractivity (Wildman–Crippen MR) is 102 cm³/mol. The standard InChI is InChI=1S/C19H21N3O.ClH/c1-12-8-9-15-16(10-12)22-17(21-15)13-6-5-7-14(11-13)20-18(23)19(2,3)4;/h5-11H,1-4H3,(H,20,23)(H,21,22);1H. The van der Waals surface area contributed by atoms with Crippen LogP contribution >= 0.6 is 12.4 Å². The van der Waals surface area contributed by atoms with Crippen molar-refractivity contribution in [3.8, 4) is 11.4 Å². The van der Waals surface area contributed by atoms with E-state index in [0.717, 1.165) is 28.1 Å². The van der Waals surface area contributed by atoms with E-state index in [9.17, 15) is 4.79 Å². The minimum Gasteiger partial charge on any atom is -0.338 e. The molecule has 2 aromatic carbocycles. The van der Waals surface area contributed by atoms with Crippen molar-refractivity contribution in [2.24, 2.45) is 5.41 Å². The summed E-state index contributed by atoms with van der Waals surface area (Å²) >= 11 is 0. The van der Waals surface area contributed by atoms with Crippen LogP contribution in [0, 0.1) is 12.3 Å². The van der Waals surface area contributed by atoms with Gasteiger partial charge in [-0.1, -0.05) is 39.0 Å². The molecule has 3 aromatic rings. The fraction of sp³-hybridized carbons (Fsp3) is 0.263. The van der Waals surface area contributed by atoms with Gasteiger partial charge in [-0.2, -0.15) is 0 Å². The average Bonchev–Trinajstić information content (AvgIpc) is 2.89. The number of anilines is 1. The van der Waals surface area contributed by atoms with Gasteiger partial charge in [-0.25, -0.2) is 4.98 Å². The summed E-state index contributed by atoms with van der Waals surface area (Å²) < 4.78 is 0. The fourth-order valence-electron chi connectivity index (χ4n) is 2.32. The Bertz CT molecular complexity index is 878. The lowest BCUT2D eigenvalue weighted by Gasteiger charge is -2.17. The number of carbonyl (C=O) groups is 1. The van der Waals surface area contributed by atoms with Crippen molar-refractivity contribution in [1.29, 1.82) is 0 Å². The third kappa shape index (κ3) is 3.77. The molecule has 0 aliphatic heterocycles. The normalized spacial score (nSPS) is 11.2. The van der Waals surface area contributed by atoms with Gasteiger partial charge < -0.3 is 10.3 Å². The van der Waals surface area contributed by atoms with Crippen LogP contribution in [0.3, 0.4) is 0 Å². The largest absolute Gasteiger partial charge is 0.338 e. The molecule has 0 saturated carbocycles. The maximum atomic E-state index is 12.1. The lowest BCUT2D eigenvalue weighted by molar-refractivity contribution is -0.123. The van der Waals surface area contributed by atoms with E-state index in [1.807, 2.05) is 57.2 Å². The molecule has 3 rings (SSSR count). The van der Waals surface area contributed by atoms with Crippen LogP contribution in [0.4, 0.5) is 5.69 Å². The number of hydrogen-bond donors (Lipinski definition) is 2. The van der Waals surface area contributed by atoms with Crippen molar-refractivity contribution >= 4 is 35.0 Å². The van der Waals surface area contributed by atoms with Crippen LogP contribution in [0.15, 0.2) is 42.5 Å². The van der Waals surface area contributed by atoms with E-state index >= 15 is 0 Å². The van der Waals surface area contributed by atoms with E-state index in [-0.39, 0.29) is 18.3 Å². The lowest BCUT2D eigenvalue weighted by Crippen LogP contribution is -2.27. The molecule has 1 aromatic heterocycles. The second-order valence-electron chi connectivity index (χ2n) is 6.89. The summed E-state index contributed by atoms with van der Waals surface area (Å²) in [5.41, 5.74) is 4.45. The Hall–Kier alpha value is -2.33. The van der Waals surface area contributed by atoms with Crippen LogP contribution in [0.1, 0.15) is 26.3 Å². The van der Waals surface area contributed by atoms with Crippen LogP contribution in [0.5, 0.6) is 0 Å². The highest BCUT2D eigenvalue weighted by Crippen LogP contribution is 2.25. The van der Waals surface area contributed by atoms with Crippen molar-refractivity contribution in [2.75, 3.05) is 5.32 Å². The molecule has 126 valence electrons. The summed E-state index contributed by atoms with van der Waals surface area (Å²) in [6.45, 7) is 7.75. The highest BCUT2D eigenvalue weighted by molar-refractivity contribution is 5.95. The molecule has 0 aliphatic carbocycles. The SMILES string of the molecule is Cc1ccc2nc(-c3cccc(NC(=O)C(C)(C)C)c3)[nH]c2c1.Cl. The number of rotatable bonds is 2. The van der Waals surface area contributed by atoms with Crippen molar-refractivity contribution in [3.05, 3.63) is 48.0 Å². The Morgan fingerprint density at radius 1 is 1.12 bits per heavy atom. The maximum absolute atomic E-state index is 12.1. The molecular weight excluding hydrogens is 322 g/mol. The predicted octanol–water partition coefficient (Wildman–Crippen LogP) is 4.94. The molecule has 0 saturated heterocycles. The van der Waals surface area contributed by atoms with Gasteiger partial charge in [0.25, 0.3) is 0 Å². The molecule has 0 radical (unpaired) electrons. The van der Waals surface area contributed by atoms with Crippen LogP contribution < -0.4 is 5.32 Å². The Balaban J connectivity index is 0.00000208. The van der Waals surface area contributed by atoms with Gasteiger partial charge >= 0.3 is 0 Å². The quantitative estimate of drug-likeness (QED) is 0.692. The molecule has 2 N–H and O–H groups in total. The molecule has 0 fully saturated rings. The van der Waals surface area contributed by atoms with E-state index in [0.29, 0.717) is 0 Å². The molecular formula is C19H22ClN3O. The van der Waals surface area contributed by atoms with Crippen molar-refractivity contribution in [3.63, 3.8) is 0 Å². The van der Waals surface area contributed by atoms with Crippen LogP contribution in [0.2, 0.25) is 0 Å². The number of amides is 1. The number of benzene rings is 2. The van der Waals surface area contributed by atoms with Gasteiger partial charge in [0, 0.05) is 16.7 Å². The summed E-state index contributed by atoms with van der Waals surface area (Å²) in [4.78, 5) is 20.1. The number of fused-ring (bicyclic) bond motifs is 1. The van der Waals surface area contributed by atoms with E-state index in [1.54, 1.807) is 0 Å². The molecule has 0 unspecified atom stereocenters. The topological polar surface area (TPSA) is 57.8 Å². The van der Waals surface area contributed by atoms with Crippen LogP contribution in [-0.2, 0) is 4.79 Å². The monoisotopic (exact) mass is 343 g/mol. The van der Waals surface area contributed by atoms with Gasteiger partial charge in [0.1, 0.15) is 5.82 Å². The number of hydrogen-bond acceptors (Lipinski definition) is 2. The second kappa shape index (κ2) is 6.65. The highest BCUT2D eigenvalue weighted by atomic mass is 35.5. The first-order valence-corrected chi connectivity index (χ1v) is 7.71. The first-order chi connectivity index (χ1) is 10.8. The van der Waals surface area contributed by atoms with E-state index in [4.69, 9.17) is 0 Å². The fourth-order valence-corrected chi connectivity index (χ4v) is 2.32. The maximum Gasteiger partial charge on any atom is 0.229 e. The summed E-state index contributed by atoms with van der Waals surface area (Å²) in [5.74, 6) is 0.798. The number of nitrogens with one attached hydrogen (secondary N) is 2.